The minimum absolute atomic E-state index is 0.0813. The lowest BCUT2D eigenvalue weighted by Crippen LogP contribution is -2.30. The second-order valence-corrected chi connectivity index (χ2v) is 8.19. The Balaban J connectivity index is 1.72. The first-order valence-electron chi connectivity index (χ1n) is 11.0. The van der Waals surface area contributed by atoms with Crippen LogP contribution in [0, 0.1) is 5.92 Å². The van der Waals surface area contributed by atoms with Crippen molar-refractivity contribution in [1.29, 1.82) is 0 Å². The van der Waals surface area contributed by atoms with Crippen molar-refractivity contribution in [3.63, 3.8) is 0 Å². The summed E-state index contributed by atoms with van der Waals surface area (Å²) in [7, 11) is 6.48. The molecule has 0 saturated heterocycles. The molecule has 0 spiro atoms. The van der Waals surface area contributed by atoms with Crippen LogP contribution < -0.4 is 18.9 Å². The molecular formula is C26H30N2O5. The van der Waals surface area contributed by atoms with E-state index in [-0.39, 0.29) is 17.9 Å². The largest absolute Gasteiger partial charge is 0.493 e. The number of hydrazone groups is 1. The molecule has 0 aromatic heterocycles. The molecule has 2 unspecified atom stereocenters. The van der Waals surface area contributed by atoms with Gasteiger partial charge in [0.25, 0.3) is 0 Å². The second-order valence-electron chi connectivity index (χ2n) is 8.19. The lowest BCUT2D eigenvalue weighted by molar-refractivity contribution is -0.131. The van der Waals surface area contributed by atoms with E-state index in [4.69, 9.17) is 24.0 Å². The fraction of sp³-hybridized carbons (Fsp3) is 0.385. The van der Waals surface area contributed by atoms with Crippen LogP contribution in [0.25, 0.3) is 6.08 Å². The van der Waals surface area contributed by atoms with E-state index < -0.39 is 0 Å². The van der Waals surface area contributed by atoms with Gasteiger partial charge in [-0.3, -0.25) is 4.79 Å². The summed E-state index contributed by atoms with van der Waals surface area (Å²) >= 11 is 0. The normalized spacial score (nSPS) is 20.8. The number of hydrogen-bond acceptors (Lipinski definition) is 6. The van der Waals surface area contributed by atoms with Crippen molar-refractivity contribution in [3.8, 4) is 23.0 Å². The monoisotopic (exact) mass is 450 g/mol. The van der Waals surface area contributed by atoms with Crippen LogP contribution in [0.2, 0.25) is 0 Å². The van der Waals surface area contributed by atoms with E-state index in [1.807, 2.05) is 36.4 Å². The molecule has 2 aromatic rings. The third kappa shape index (κ3) is 4.27. The number of nitrogens with zero attached hydrogens (tertiary/aromatic N) is 2. The Morgan fingerprint density at radius 3 is 2.21 bits per heavy atom. The quantitative estimate of drug-likeness (QED) is 0.628. The van der Waals surface area contributed by atoms with Crippen molar-refractivity contribution in [2.75, 3.05) is 28.4 Å². The first-order valence-corrected chi connectivity index (χ1v) is 11.0. The van der Waals surface area contributed by atoms with Crippen molar-refractivity contribution in [3.05, 3.63) is 53.1 Å². The number of carbonyl (C=O) groups excluding carboxylic acids is 1. The van der Waals surface area contributed by atoms with Gasteiger partial charge in [-0.05, 0) is 66.3 Å². The number of methoxy groups -OCH3 is 4. The molecule has 174 valence electrons. The number of amides is 1. The van der Waals surface area contributed by atoms with Crippen LogP contribution in [0.15, 0.2) is 47.1 Å². The van der Waals surface area contributed by atoms with Gasteiger partial charge in [-0.1, -0.05) is 12.1 Å². The Kier molecular flexibility index (Phi) is 6.58. The van der Waals surface area contributed by atoms with Gasteiger partial charge in [-0.25, -0.2) is 5.01 Å². The van der Waals surface area contributed by atoms with Crippen LogP contribution in [0.3, 0.4) is 0 Å². The van der Waals surface area contributed by atoms with E-state index in [0.29, 0.717) is 23.0 Å². The van der Waals surface area contributed by atoms with Gasteiger partial charge in [0.1, 0.15) is 0 Å². The zero-order chi connectivity index (χ0) is 23.5. The molecule has 1 aliphatic carbocycles. The molecule has 2 atom stereocenters. The van der Waals surface area contributed by atoms with Gasteiger partial charge in [0.15, 0.2) is 23.0 Å². The number of hydrogen-bond donors (Lipinski definition) is 0. The van der Waals surface area contributed by atoms with Gasteiger partial charge in [0.05, 0.1) is 40.2 Å². The molecule has 7 heteroatoms. The molecule has 2 aromatic carbocycles. The molecule has 1 heterocycles. The number of benzene rings is 2. The zero-order valence-electron chi connectivity index (χ0n) is 19.8. The van der Waals surface area contributed by atoms with Crippen molar-refractivity contribution in [1.82, 2.24) is 5.01 Å². The van der Waals surface area contributed by atoms with Crippen molar-refractivity contribution in [2.24, 2.45) is 11.0 Å². The minimum atomic E-state index is -0.175. The molecule has 1 fully saturated rings. The van der Waals surface area contributed by atoms with Crippen molar-refractivity contribution >= 4 is 17.7 Å². The van der Waals surface area contributed by atoms with Gasteiger partial charge in [-0.15, -0.1) is 0 Å². The predicted molar refractivity (Wildman–Crippen MR) is 127 cm³/mol. The van der Waals surface area contributed by atoms with Crippen LogP contribution >= 0.6 is 0 Å². The van der Waals surface area contributed by atoms with E-state index in [1.54, 1.807) is 40.4 Å². The van der Waals surface area contributed by atoms with E-state index in [9.17, 15) is 4.79 Å². The van der Waals surface area contributed by atoms with Crippen LogP contribution in [0.4, 0.5) is 0 Å². The highest BCUT2D eigenvalue weighted by Gasteiger charge is 2.43. The highest BCUT2D eigenvalue weighted by molar-refractivity contribution is 6.08. The average Bonchev–Trinajstić information content (AvgIpc) is 3.24. The Labute approximate surface area is 194 Å². The Morgan fingerprint density at radius 2 is 1.58 bits per heavy atom. The Bertz CT molecular complexity index is 1110. The van der Waals surface area contributed by atoms with Crippen LogP contribution in [-0.2, 0) is 4.79 Å². The number of fused-ring (bicyclic) bond motifs is 1. The molecule has 1 saturated carbocycles. The van der Waals surface area contributed by atoms with Gasteiger partial charge >= 0.3 is 0 Å². The predicted octanol–water partition coefficient (Wildman–Crippen LogP) is 4.86. The lowest BCUT2D eigenvalue weighted by atomic mass is 9.77. The molecule has 4 rings (SSSR count). The fourth-order valence-corrected chi connectivity index (χ4v) is 4.78. The van der Waals surface area contributed by atoms with Gasteiger partial charge in [0, 0.05) is 12.8 Å². The molecule has 0 N–H and O–H groups in total. The lowest BCUT2D eigenvalue weighted by Gasteiger charge is -2.29. The van der Waals surface area contributed by atoms with E-state index in [1.165, 1.54) is 0 Å². The average molecular weight is 451 g/mol. The molecule has 7 nitrogen and oxygen atoms in total. The summed E-state index contributed by atoms with van der Waals surface area (Å²) in [5.74, 6) is 2.71. The first-order chi connectivity index (χ1) is 16.0. The minimum Gasteiger partial charge on any atom is -0.493 e. The number of rotatable bonds is 6. The summed E-state index contributed by atoms with van der Waals surface area (Å²) in [5, 5.41) is 6.44. The molecule has 1 amide bonds. The summed E-state index contributed by atoms with van der Waals surface area (Å²) in [5.41, 5.74) is 4.12. The molecular weight excluding hydrogens is 420 g/mol. The van der Waals surface area contributed by atoms with E-state index >= 15 is 0 Å². The highest BCUT2D eigenvalue weighted by Crippen LogP contribution is 2.46. The number of allylic oxidation sites excluding steroid dienone is 1. The number of ether oxygens (including phenoxy) is 4. The molecule has 33 heavy (non-hydrogen) atoms. The van der Waals surface area contributed by atoms with Gasteiger partial charge in [-0.2, -0.15) is 5.10 Å². The molecule has 2 aliphatic rings. The maximum absolute atomic E-state index is 12.6. The summed E-state index contributed by atoms with van der Waals surface area (Å²) < 4.78 is 21.7. The van der Waals surface area contributed by atoms with Crippen LogP contribution in [0.5, 0.6) is 23.0 Å². The Hall–Kier alpha value is -3.48. The highest BCUT2D eigenvalue weighted by atomic mass is 16.5. The molecule has 0 radical (unpaired) electrons. The third-order valence-corrected chi connectivity index (χ3v) is 6.32. The standard InChI is InChI=1S/C26H30N2O5/c1-16(29)28-26(19-10-12-22(31-3)24(15-19)33-5)20-8-6-7-18(25(20)27-28)13-17-9-11-21(30-2)23(14-17)32-4/h9-15,20,26H,6-8H2,1-5H3/b18-13-. The first kappa shape index (κ1) is 22.7. The summed E-state index contributed by atoms with van der Waals surface area (Å²) in [4.78, 5) is 12.6. The van der Waals surface area contributed by atoms with E-state index in [0.717, 1.165) is 41.7 Å². The molecule has 1 aliphatic heterocycles. The maximum atomic E-state index is 12.6. The van der Waals surface area contributed by atoms with Gasteiger partial charge in [0.2, 0.25) is 5.91 Å². The number of carbonyl (C=O) groups is 1. The summed E-state index contributed by atoms with van der Waals surface area (Å²) in [6.45, 7) is 1.56. The zero-order valence-corrected chi connectivity index (χ0v) is 19.8. The Morgan fingerprint density at radius 1 is 0.939 bits per heavy atom. The summed E-state index contributed by atoms with van der Waals surface area (Å²) in [6, 6.07) is 11.5. The second kappa shape index (κ2) is 9.57. The fourth-order valence-electron chi connectivity index (χ4n) is 4.78. The smallest absolute Gasteiger partial charge is 0.240 e. The van der Waals surface area contributed by atoms with Crippen LogP contribution in [0.1, 0.15) is 43.4 Å². The van der Waals surface area contributed by atoms with Crippen molar-refractivity contribution in [2.45, 2.75) is 32.2 Å². The maximum Gasteiger partial charge on any atom is 0.240 e. The topological polar surface area (TPSA) is 69.6 Å². The molecule has 0 bridgehead atoms. The van der Waals surface area contributed by atoms with Crippen molar-refractivity contribution < 1.29 is 23.7 Å². The summed E-state index contributed by atoms with van der Waals surface area (Å²) in [6.07, 6.45) is 5.04. The third-order valence-electron chi connectivity index (χ3n) is 6.32. The van der Waals surface area contributed by atoms with E-state index in [2.05, 4.69) is 6.08 Å². The van der Waals surface area contributed by atoms with Crippen LogP contribution in [-0.4, -0.2) is 45.1 Å². The van der Waals surface area contributed by atoms with Gasteiger partial charge < -0.3 is 18.9 Å². The SMILES string of the molecule is COc1ccc(/C=C2/CCCC3C2=NN(C(C)=O)C3c2ccc(OC)c(OC)c2)cc1OC.